The number of carbonyl (C=O) groups excluding carboxylic acids is 1. The Hall–Kier alpha value is -1.42. The van der Waals surface area contributed by atoms with Crippen LogP contribution in [0.5, 0.6) is 0 Å². The summed E-state index contributed by atoms with van der Waals surface area (Å²) in [5.74, 6) is 0.935. The Labute approximate surface area is 117 Å². The summed E-state index contributed by atoms with van der Waals surface area (Å²) in [5, 5.41) is 0. The molecule has 0 unspecified atom stereocenters. The van der Waals surface area contributed by atoms with Gasteiger partial charge in [0.25, 0.3) is 0 Å². The highest BCUT2D eigenvalue weighted by Gasteiger charge is 2.27. The average molecular weight is 275 g/mol. The van der Waals surface area contributed by atoms with Gasteiger partial charge in [0.2, 0.25) is 0 Å². The van der Waals surface area contributed by atoms with Gasteiger partial charge in [0.15, 0.2) is 0 Å². The van der Waals surface area contributed by atoms with Gasteiger partial charge in [-0.2, -0.15) is 0 Å². The highest BCUT2D eigenvalue weighted by molar-refractivity contribution is 7.99. The molecule has 1 aromatic rings. The summed E-state index contributed by atoms with van der Waals surface area (Å²) >= 11 is 1.90. The molecule has 2 aliphatic heterocycles. The summed E-state index contributed by atoms with van der Waals surface area (Å²) in [6, 6.07) is 6.47. The Morgan fingerprint density at radius 3 is 3.21 bits per heavy atom. The van der Waals surface area contributed by atoms with E-state index in [2.05, 4.69) is 29.2 Å². The van der Waals surface area contributed by atoms with E-state index in [1.54, 1.807) is 0 Å². The fourth-order valence-electron chi connectivity index (χ4n) is 2.67. The van der Waals surface area contributed by atoms with E-state index in [1.807, 2.05) is 18.7 Å². The van der Waals surface area contributed by atoms with Gasteiger partial charge in [-0.15, -0.1) is 11.8 Å². The van der Waals surface area contributed by atoms with Crippen molar-refractivity contribution in [3.63, 3.8) is 0 Å². The van der Waals surface area contributed by atoms with Crippen molar-refractivity contribution in [1.82, 2.24) is 0 Å². The molecule has 0 amide bonds. The van der Waals surface area contributed by atoms with Crippen molar-refractivity contribution < 1.29 is 9.53 Å². The second-order valence-electron chi connectivity index (χ2n) is 4.65. The summed E-state index contributed by atoms with van der Waals surface area (Å²) in [5.41, 5.74) is 3.76. The largest absolute Gasteiger partial charge is 0.466 e. The van der Waals surface area contributed by atoms with Crippen LogP contribution in [0, 0.1) is 0 Å². The van der Waals surface area contributed by atoms with E-state index in [4.69, 9.17) is 4.74 Å². The van der Waals surface area contributed by atoms with E-state index in [1.165, 1.54) is 16.1 Å². The standard InChI is InChI=1S/C15H17NO2S/c1-2-18-14(17)10-12-7-6-11-4-3-5-13-15(11)16(12)8-9-19-13/h3-5,7H,2,6,8-10H2,1H3. The van der Waals surface area contributed by atoms with Crippen LogP contribution >= 0.6 is 11.8 Å². The summed E-state index contributed by atoms with van der Waals surface area (Å²) < 4.78 is 5.06. The molecule has 0 fully saturated rings. The number of nitrogens with zero attached hydrogens (tertiary/aromatic N) is 1. The molecule has 100 valence electrons. The van der Waals surface area contributed by atoms with Gasteiger partial charge in [-0.05, 0) is 25.0 Å². The van der Waals surface area contributed by atoms with Crippen molar-refractivity contribution in [2.75, 3.05) is 23.8 Å². The van der Waals surface area contributed by atoms with Gasteiger partial charge in [0, 0.05) is 22.9 Å². The highest BCUT2D eigenvalue weighted by Crippen LogP contribution is 2.42. The molecule has 0 N–H and O–H groups in total. The van der Waals surface area contributed by atoms with Crippen molar-refractivity contribution >= 4 is 23.4 Å². The molecular weight excluding hydrogens is 258 g/mol. The second kappa shape index (κ2) is 5.29. The Balaban J connectivity index is 1.88. The van der Waals surface area contributed by atoms with Crippen LogP contribution in [0.25, 0.3) is 0 Å². The number of thioether (sulfide) groups is 1. The van der Waals surface area contributed by atoms with Crippen molar-refractivity contribution in [1.29, 1.82) is 0 Å². The summed E-state index contributed by atoms with van der Waals surface area (Å²) in [4.78, 5) is 15.3. The zero-order valence-corrected chi connectivity index (χ0v) is 11.8. The molecule has 2 aliphatic rings. The van der Waals surface area contributed by atoms with Crippen LogP contribution in [0.1, 0.15) is 18.9 Å². The predicted octanol–water partition coefficient (Wildman–Crippen LogP) is 2.99. The zero-order chi connectivity index (χ0) is 13.2. The molecule has 3 nitrogen and oxygen atoms in total. The van der Waals surface area contributed by atoms with Crippen LogP contribution in [0.15, 0.2) is 34.9 Å². The van der Waals surface area contributed by atoms with Gasteiger partial charge in [0.1, 0.15) is 0 Å². The Bertz CT molecular complexity index is 539. The van der Waals surface area contributed by atoms with E-state index in [0.717, 1.165) is 24.4 Å². The number of rotatable bonds is 3. The van der Waals surface area contributed by atoms with Gasteiger partial charge in [-0.25, -0.2) is 0 Å². The molecule has 0 saturated carbocycles. The summed E-state index contributed by atoms with van der Waals surface area (Å²) in [6.07, 6.45) is 3.46. The molecular formula is C15H17NO2S. The molecule has 0 bridgehead atoms. The second-order valence-corrected chi connectivity index (χ2v) is 5.78. The van der Waals surface area contributed by atoms with Gasteiger partial charge in [-0.3, -0.25) is 4.79 Å². The lowest BCUT2D eigenvalue weighted by atomic mass is 10.0. The molecule has 0 radical (unpaired) electrons. The first-order chi connectivity index (χ1) is 9.29. The van der Waals surface area contributed by atoms with Crippen molar-refractivity contribution in [3.8, 4) is 0 Å². The highest BCUT2D eigenvalue weighted by atomic mass is 32.2. The number of allylic oxidation sites excluding steroid dienone is 1. The topological polar surface area (TPSA) is 29.5 Å². The maximum absolute atomic E-state index is 11.7. The number of esters is 1. The predicted molar refractivity (Wildman–Crippen MR) is 77.5 cm³/mol. The third kappa shape index (κ3) is 2.37. The normalized spacial score (nSPS) is 16.7. The molecule has 0 spiro atoms. The third-order valence-electron chi connectivity index (χ3n) is 3.46. The third-order valence-corrected chi connectivity index (χ3v) is 4.49. The maximum atomic E-state index is 11.7. The first-order valence-corrected chi connectivity index (χ1v) is 7.65. The molecule has 19 heavy (non-hydrogen) atoms. The average Bonchev–Trinajstić information content (AvgIpc) is 2.43. The molecule has 1 aromatic carbocycles. The first-order valence-electron chi connectivity index (χ1n) is 6.66. The Kier molecular flexibility index (Phi) is 3.51. The molecule has 2 heterocycles. The Morgan fingerprint density at radius 1 is 1.47 bits per heavy atom. The summed E-state index contributed by atoms with van der Waals surface area (Å²) in [6.45, 7) is 3.27. The molecule has 0 atom stereocenters. The maximum Gasteiger partial charge on any atom is 0.311 e. The van der Waals surface area contributed by atoms with Crippen LogP contribution < -0.4 is 4.90 Å². The van der Waals surface area contributed by atoms with Crippen LogP contribution in [-0.2, 0) is 16.0 Å². The molecule has 0 aromatic heterocycles. The van der Waals surface area contributed by atoms with Crippen LogP contribution in [0.2, 0.25) is 0 Å². The summed E-state index contributed by atoms with van der Waals surface area (Å²) in [7, 11) is 0. The van der Waals surface area contributed by atoms with Crippen LogP contribution in [-0.4, -0.2) is 24.9 Å². The minimum absolute atomic E-state index is 0.132. The lowest BCUT2D eigenvalue weighted by molar-refractivity contribution is -0.142. The minimum Gasteiger partial charge on any atom is -0.466 e. The van der Waals surface area contributed by atoms with Crippen molar-refractivity contribution in [3.05, 3.63) is 35.5 Å². The number of anilines is 1. The number of hydrogen-bond acceptors (Lipinski definition) is 4. The Morgan fingerprint density at radius 2 is 2.37 bits per heavy atom. The molecule has 4 heteroatoms. The molecule has 0 saturated heterocycles. The fraction of sp³-hybridized carbons (Fsp3) is 0.400. The molecule has 3 rings (SSSR count). The number of benzene rings is 1. The van der Waals surface area contributed by atoms with Gasteiger partial charge in [0.05, 0.1) is 18.7 Å². The first kappa shape index (κ1) is 12.6. The van der Waals surface area contributed by atoms with E-state index < -0.39 is 0 Å². The van der Waals surface area contributed by atoms with Crippen molar-refractivity contribution in [2.45, 2.75) is 24.7 Å². The fourth-order valence-corrected chi connectivity index (χ4v) is 3.71. The number of carbonyl (C=O) groups is 1. The SMILES string of the molecule is CCOC(=O)CC1=CCc2cccc3c2N1CCS3. The number of para-hydroxylation sites is 1. The van der Waals surface area contributed by atoms with Gasteiger partial charge >= 0.3 is 5.97 Å². The lowest BCUT2D eigenvalue weighted by Crippen LogP contribution is -2.33. The quantitative estimate of drug-likeness (QED) is 0.793. The number of hydrogen-bond donors (Lipinski definition) is 0. The van der Waals surface area contributed by atoms with E-state index in [0.29, 0.717) is 13.0 Å². The van der Waals surface area contributed by atoms with Crippen LogP contribution in [0.4, 0.5) is 5.69 Å². The smallest absolute Gasteiger partial charge is 0.311 e. The van der Waals surface area contributed by atoms with Gasteiger partial charge in [-0.1, -0.05) is 18.2 Å². The number of ether oxygens (including phenoxy) is 1. The van der Waals surface area contributed by atoms with Gasteiger partial charge < -0.3 is 9.64 Å². The van der Waals surface area contributed by atoms with E-state index in [9.17, 15) is 4.79 Å². The minimum atomic E-state index is -0.132. The zero-order valence-electron chi connectivity index (χ0n) is 11.0. The van der Waals surface area contributed by atoms with E-state index >= 15 is 0 Å². The lowest BCUT2D eigenvalue weighted by Gasteiger charge is -2.37. The van der Waals surface area contributed by atoms with E-state index in [-0.39, 0.29) is 5.97 Å². The monoisotopic (exact) mass is 275 g/mol. The van der Waals surface area contributed by atoms with Crippen LogP contribution in [0.3, 0.4) is 0 Å². The molecule has 0 aliphatic carbocycles. The van der Waals surface area contributed by atoms with Crippen molar-refractivity contribution in [2.24, 2.45) is 0 Å².